The van der Waals surface area contributed by atoms with Gasteiger partial charge in [-0.1, -0.05) is 22.0 Å². The van der Waals surface area contributed by atoms with Crippen LogP contribution in [0.1, 0.15) is 12.0 Å². The van der Waals surface area contributed by atoms with Gasteiger partial charge in [-0.25, -0.2) is 0 Å². The Labute approximate surface area is 109 Å². The lowest BCUT2D eigenvalue weighted by atomic mass is 10.1. The van der Waals surface area contributed by atoms with Crippen LogP contribution in [-0.2, 0) is 4.79 Å². The molecule has 1 aliphatic heterocycles. The van der Waals surface area contributed by atoms with Crippen LogP contribution in [-0.4, -0.2) is 18.3 Å². The molecule has 1 aliphatic rings. The third-order valence-corrected chi connectivity index (χ3v) is 4.25. The molecule has 0 bridgehead atoms. The fourth-order valence-electron chi connectivity index (χ4n) is 2.01. The van der Waals surface area contributed by atoms with E-state index in [-0.39, 0.29) is 11.8 Å². The van der Waals surface area contributed by atoms with Gasteiger partial charge in [0.05, 0.1) is 0 Å². The highest BCUT2D eigenvalue weighted by atomic mass is 79.9. The van der Waals surface area contributed by atoms with Crippen molar-refractivity contribution in [2.45, 2.75) is 13.3 Å². The Balaban J connectivity index is 2.31. The van der Waals surface area contributed by atoms with Gasteiger partial charge < -0.3 is 4.90 Å². The van der Waals surface area contributed by atoms with E-state index < -0.39 is 0 Å². The summed E-state index contributed by atoms with van der Waals surface area (Å²) in [4.78, 5) is 13.7. The van der Waals surface area contributed by atoms with E-state index >= 15 is 0 Å². The first-order valence-electron chi connectivity index (χ1n) is 5.25. The third-order valence-electron chi connectivity index (χ3n) is 2.95. The molecule has 1 unspecified atom stereocenters. The lowest BCUT2D eigenvalue weighted by Crippen LogP contribution is -2.25. The molecular weight excluding hydrogens is 289 g/mol. The van der Waals surface area contributed by atoms with Crippen LogP contribution in [0.15, 0.2) is 22.7 Å². The molecule has 0 saturated carbocycles. The van der Waals surface area contributed by atoms with Gasteiger partial charge >= 0.3 is 0 Å². The minimum absolute atomic E-state index is 0.173. The maximum atomic E-state index is 11.9. The van der Waals surface area contributed by atoms with E-state index in [0.29, 0.717) is 12.3 Å². The minimum Gasteiger partial charge on any atom is -0.312 e. The second kappa shape index (κ2) is 4.76. The molecule has 0 spiro atoms. The quantitative estimate of drug-likeness (QED) is 0.767. The number of hydrogen-bond donors (Lipinski definition) is 0. The first-order chi connectivity index (χ1) is 7.63. The van der Waals surface area contributed by atoms with Gasteiger partial charge in [-0.05, 0) is 30.5 Å². The summed E-state index contributed by atoms with van der Waals surface area (Å²) in [6, 6.07) is 5.92. The Bertz CT molecular complexity index is 421. The number of amides is 1. The minimum atomic E-state index is 0.173. The molecule has 0 aromatic heterocycles. The summed E-state index contributed by atoms with van der Waals surface area (Å²) >= 11 is 9.29. The first-order valence-corrected chi connectivity index (χ1v) is 6.57. The average molecular weight is 303 g/mol. The van der Waals surface area contributed by atoms with Crippen LogP contribution >= 0.6 is 27.5 Å². The molecule has 1 atom stereocenters. The summed E-state index contributed by atoms with van der Waals surface area (Å²) in [5.74, 6) is 1.01. The normalized spacial score (nSPS) is 20.6. The van der Waals surface area contributed by atoms with Gasteiger partial charge in [0.25, 0.3) is 0 Å². The van der Waals surface area contributed by atoms with E-state index in [1.54, 1.807) is 0 Å². The van der Waals surface area contributed by atoms with Crippen LogP contribution in [0.3, 0.4) is 0 Å². The van der Waals surface area contributed by atoms with Crippen LogP contribution in [0.5, 0.6) is 0 Å². The van der Waals surface area contributed by atoms with Gasteiger partial charge in [0.1, 0.15) is 0 Å². The summed E-state index contributed by atoms with van der Waals surface area (Å²) in [5.41, 5.74) is 2.10. The number of alkyl halides is 1. The van der Waals surface area contributed by atoms with Gasteiger partial charge in [0.2, 0.25) is 5.91 Å². The van der Waals surface area contributed by atoms with Crippen LogP contribution in [0, 0.1) is 12.8 Å². The zero-order valence-corrected chi connectivity index (χ0v) is 11.4. The van der Waals surface area contributed by atoms with Crippen molar-refractivity contribution in [3.8, 4) is 0 Å². The predicted molar refractivity (Wildman–Crippen MR) is 70.1 cm³/mol. The molecular formula is C12H13BrClNO. The van der Waals surface area contributed by atoms with Crippen LogP contribution in [0.25, 0.3) is 0 Å². The summed E-state index contributed by atoms with van der Waals surface area (Å²) in [6.07, 6.45) is 0.565. The van der Waals surface area contributed by atoms with Crippen molar-refractivity contribution >= 4 is 39.1 Å². The maximum absolute atomic E-state index is 11.9. The van der Waals surface area contributed by atoms with E-state index in [0.717, 1.165) is 22.3 Å². The van der Waals surface area contributed by atoms with E-state index in [2.05, 4.69) is 15.9 Å². The van der Waals surface area contributed by atoms with Crippen molar-refractivity contribution in [1.29, 1.82) is 0 Å². The molecule has 0 aliphatic carbocycles. The Kier molecular flexibility index (Phi) is 3.55. The summed E-state index contributed by atoms with van der Waals surface area (Å²) < 4.78 is 1.03. The second-order valence-corrected chi connectivity index (χ2v) is 5.28. The summed E-state index contributed by atoms with van der Waals surface area (Å²) in [5, 5.41) is 0. The fraction of sp³-hybridized carbons (Fsp3) is 0.417. The largest absolute Gasteiger partial charge is 0.312 e. The van der Waals surface area contributed by atoms with Crippen molar-refractivity contribution in [1.82, 2.24) is 0 Å². The smallest absolute Gasteiger partial charge is 0.227 e. The molecule has 16 heavy (non-hydrogen) atoms. The fourth-order valence-corrected chi connectivity index (χ4v) is 2.57. The zero-order chi connectivity index (χ0) is 11.7. The number of carbonyl (C=O) groups excluding carboxylic acids is 1. The SMILES string of the molecule is Cc1c(Br)cccc1N1CC(CCl)CC1=O. The molecule has 0 N–H and O–H groups in total. The topological polar surface area (TPSA) is 20.3 Å². The number of anilines is 1. The first kappa shape index (κ1) is 11.9. The lowest BCUT2D eigenvalue weighted by Gasteiger charge is -2.19. The molecule has 1 aromatic carbocycles. The highest BCUT2D eigenvalue weighted by molar-refractivity contribution is 9.10. The zero-order valence-electron chi connectivity index (χ0n) is 9.04. The van der Waals surface area contributed by atoms with Crippen LogP contribution < -0.4 is 4.90 Å². The number of halogens is 2. The molecule has 1 saturated heterocycles. The Hall–Kier alpha value is -0.540. The van der Waals surface area contributed by atoms with Crippen molar-refractivity contribution in [2.75, 3.05) is 17.3 Å². The number of nitrogens with zero attached hydrogens (tertiary/aromatic N) is 1. The molecule has 1 aromatic rings. The van der Waals surface area contributed by atoms with E-state index in [4.69, 9.17) is 11.6 Å². The number of benzene rings is 1. The molecule has 2 rings (SSSR count). The maximum Gasteiger partial charge on any atom is 0.227 e. The van der Waals surface area contributed by atoms with Crippen molar-refractivity contribution in [3.05, 3.63) is 28.2 Å². The molecule has 2 nitrogen and oxygen atoms in total. The average Bonchev–Trinajstić information content (AvgIpc) is 2.64. The number of hydrogen-bond acceptors (Lipinski definition) is 1. The molecule has 86 valence electrons. The number of carbonyl (C=O) groups is 1. The number of rotatable bonds is 2. The Morgan fingerprint density at radius 2 is 2.31 bits per heavy atom. The second-order valence-electron chi connectivity index (χ2n) is 4.11. The van der Waals surface area contributed by atoms with Crippen molar-refractivity contribution < 1.29 is 4.79 Å². The van der Waals surface area contributed by atoms with Crippen LogP contribution in [0.2, 0.25) is 0 Å². The van der Waals surface area contributed by atoms with E-state index in [1.807, 2.05) is 30.0 Å². The highest BCUT2D eigenvalue weighted by Crippen LogP contribution is 2.31. The van der Waals surface area contributed by atoms with Crippen molar-refractivity contribution in [2.24, 2.45) is 5.92 Å². The summed E-state index contributed by atoms with van der Waals surface area (Å²) in [7, 11) is 0. The van der Waals surface area contributed by atoms with Crippen molar-refractivity contribution in [3.63, 3.8) is 0 Å². The van der Waals surface area contributed by atoms with Gasteiger partial charge in [-0.2, -0.15) is 0 Å². The van der Waals surface area contributed by atoms with Gasteiger partial charge in [-0.15, -0.1) is 11.6 Å². The standard InChI is InChI=1S/C12H13BrClNO/c1-8-10(13)3-2-4-11(8)15-7-9(6-14)5-12(15)16/h2-4,9H,5-7H2,1H3. The van der Waals surface area contributed by atoms with E-state index in [9.17, 15) is 4.79 Å². The Morgan fingerprint density at radius 1 is 1.56 bits per heavy atom. The van der Waals surface area contributed by atoms with Gasteiger partial charge in [0.15, 0.2) is 0 Å². The highest BCUT2D eigenvalue weighted by Gasteiger charge is 2.30. The molecule has 0 radical (unpaired) electrons. The van der Waals surface area contributed by atoms with E-state index in [1.165, 1.54) is 0 Å². The van der Waals surface area contributed by atoms with Crippen LogP contribution in [0.4, 0.5) is 5.69 Å². The molecule has 1 amide bonds. The molecule has 1 heterocycles. The molecule has 4 heteroatoms. The Morgan fingerprint density at radius 3 is 2.94 bits per heavy atom. The lowest BCUT2D eigenvalue weighted by molar-refractivity contribution is -0.117. The van der Waals surface area contributed by atoms with Gasteiger partial charge in [0, 0.05) is 29.0 Å². The molecule has 1 fully saturated rings. The van der Waals surface area contributed by atoms with Gasteiger partial charge in [-0.3, -0.25) is 4.79 Å². The third kappa shape index (κ3) is 2.11. The predicted octanol–water partition coefficient (Wildman–Crippen LogP) is 3.35. The summed E-state index contributed by atoms with van der Waals surface area (Å²) in [6.45, 7) is 2.75. The monoisotopic (exact) mass is 301 g/mol.